The predicted molar refractivity (Wildman–Crippen MR) is 216 cm³/mol. The van der Waals surface area contributed by atoms with Gasteiger partial charge in [0.25, 0.3) is 11.1 Å². The quantitative estimate of drug-likeness (QED) is 0.120. The number of aliphatic hydroxyl groups excluding tert-OH is 1. The topological polar surface area (TPSA) is 93.8 Å². The van der Waals surface area contributed by atoms with Crippen molar-refractivity contribution in [3.05, 3.63) is 192 Å². The lowest BCUT2D eigenvalue weighted by Crippen LogP contribution is -2.31. The van der Waals surface area contributed by atoms with E-state index in [2.05, 4.69) is 23.5 Å². The molecule has 1 amide bonds. The van der Waals surface area contributed by atoms with Crippen LogP contribution in [0.15, 0.2) is 173 Å². The molecule has 0 bridgehead atoms. The number of amides is 1. The van der Waals surface area contributed by atoms with Gasteiger partial charge in [0, 0.05) is 41.0 Å². The van der Waals surface area contributed by atoms with Crippen molar-refractivity contribution >= 4 is 17.7 Å². The first-order valence-corrected chi connectivity index (χ1v) is 19.4. The molecule has 55 heavy (non-hydrogen) atoms. The number of hydrogen-bond donors (Lipinski definition) is 2. The second-order valence-corrected chi connectivity index (χ2v) is 14.3. The fourth-order valence-electron chi connectivity index (χ4n) is 6.77. The molecule has 7 nitrogen and oxygen atoms in total. The minimum Gasteiger partial charge on any atom is -0.431 e. The van der Waals surface area contributed by atoms with E-state index in [1.807, 2.05) is 146 Å². The number of thioether (sulfide) groups is 1. The summed E-state index contributed by atoms with van der Waals surface area (Å²) in [6, 6.07) is 53.7. The Balaban J connectivity index is 1.02. The molecule has 0 aliphatic carbocycles. The van der Waals surface area contributed by atoms with Crippen molar-refractivity contribution < 1.29 is 23.8 Å². The van der Waals surface area contributed by atoms with Crippen LogP contribution in [0.5, 0.6) is 0 Å². The molecule has 274 valence electrons. The van der Waals surface area contributed by atoms with E-state index in [9.17, 15) is 9.90 Å². The van der Waals surface area contributed by atoms with Crippen LogP contribution < -0.4 is 5.32 Å². The van der Waals surface area contributed by atoms with Gasteiger partial charge in [-0.05, 0) is 39.9 Å². The summed E-state index contributed by atoms with van der Waals surface area (Å²) in [5.41, 5.74) is 9.27. The van der Waals surface area contributed by atoms with Crippen LogP contribution in [-0.4, -0.2) is 27.9 Å². The zero-order chi connectivity index (χ0) is 37.4. The second kappa shape index (κ2) is 17.1. The van der Waals surface area contributed by atoms with Crippen molar-refractivity contribution in [3.63, 3.8) is 0 Å². The third-order valence-corrected chi connectivity index (χ3v) is 10.6. The standard InChI is InChI=1S/C47H40N2O5S/c50-30-32-20-22-34(23-21-32)42-28-40(31-55-47-49-43(35-12-4-1-5-13-35)44(54-47)36-14-6-2-7-15-36)52-46(53-42)38-26-24-33(25-27-38)41-19-11-10-18-39(41)29-48-45(51)37-16-8-3-9-17-37/h1-27,40,42,46,50H,28-31H2,(H,48,51). The van der Waals surface area contributed by atoms with Gasteiger partial charge >= 0.3 is 0 Å². The molecule has 1 saturated heterocycles. The highest BCUT2D eigenvalue weighted by atomic mass is 32.2. The van der Waals surface area contributed by atoms with Gasteiger partial charge in [-0.1, -0.05) is 163 Å². The minimum absolute atomic E-state index is 0.0161. The Morgan fingerprint density at radius 2 is 1.33 bits per heavy atom. The van der Waals surface area contributed by atoms with Crippen molar-refractivity contribution in [3.8, 4) is 33.7 Å². The number of nitrogens with zero attached hydrogens (tertiary/aromatic N) is 1. The normalized spacial score (nSPS) is 16.8. The molecular weight excluding hydrogens is 705 g/mol. The molecule has 1 aromatic heterocycles. The maximum atomic E-state index is 12.8. The van der Waals surface area contributed by atoms with E-state index in [-0.39, 0.29) is 24.7 Å². The lowest BCUT2D eigenvalue weighted by Gasteiger charge is -2.36. The Bertz CT molecular complexity index is 2260. The SMILES string of the molecule is O=C(NCc1ccccc1-c1ccc(C2OC(CSc3nc(-c4ccccc4)c(-c4ccccc4)o3)CC(c3ccc(CO)cc3)O2)cc1)c1ccccc1. The first-order valence-electron chi connectivity index (χ1n) is 18.4. The van der Waals surface area contributed by atoms with Crippen LogP contribution >= 0.6 is 11.8 Å². The monoisotopic (exact) mass is 744 g/mol. The number of hydrogen-bond acceptors (Lipinski definition) is 7. The molecule has 0 saturated carbocycles. The van der Waals surface area contributed by atoms with Crippen molar-refractivity contribution in [2.75, 3.05) is 5.75 Å². The van der Waals surface area contributed by atoms with Crippen molar-refractivity contribution in [1.82, 2.24) is 10.3 Å². The molecule has 1 aliphatic heterocycles. The number of nitrogens with one attached hydrogen (secondary N) is 1. The third-order valence-electron chi connectivity index (χ3n) is 9.68. The van der Waals surface area contributed by atoms with Gasteiger partial charge in [0.15, 0.2) is 12.1 Å². The van der Waals surface area contributed by atoms with Crippen LogP contribution in [-0.2, 0) is 22.6 Å². The molecule has 0 radical (unpaired) electrons. The van der Waals surface area contributed by atoms with E-state index in [1.165, 1.54) is 11.8 Å². The summed E-state index contributed by atoms with van der Waals surface area (Å²) in [5.74, 6) is 1.23. The van der Waals surface area contributed by atoms with Crippen LogP contribution in [0, 0.1) is 0 Å². The summed E-state index contributed by atoms with van der Waals surface area (Å²) in [5, 5.41) is 13.3. The molecule has 6 aromatic carbocycles. The van der Waals surface area contributed by atoms with Crippen LogP contribution in [0.4, 0.5) is 0 Å². The Morgan fingerprint density at radius 1 is 0.691 bits per heavy atom. The van der Waals surface area contributed by atoms with Gasteiger partial charge in [-0.25, -0.2) is 4.98 Å². The van der Waals surface area contributed by atoms with Crippen LogP contribution in [0.2, 0.25) is 0 Å². The molecule has 8 heteroatoms. The zero-order valence-electron chi connectivity index (χ0n) is 30.1. The molecule has 1 aliphatic rings. The van der Waals surface area contributed by atoms with E-state index in [0.717, 1.165) is 56.0 Å². The summed E-state index contributed by atoms with van der Waals surface area (Å²) < 4.78 is 19.8. The number of ether oxygens (including phenoxy) is 2. The average molecular weight is 745 g/mol. The van der Waals surface area contributed by atoms with E-state index in [0.29, 0.717) is 29.5 Å². The summed E-state index contributed by atoms with van der Waals surface area (Å²) in [6.45, 7) is 0.387. The summed E-state index contributed by atoms with van der Waals surface area (Å²) in [6.07, 6.45) is -0.372. The van der Waals surface area contributed by atoms with Crippen LogP contribution in [0.1, 0.15) is 51.4 Å². The fraction of sp³-hybridized carbons (Fsp3) is 0.149. The molecular formula is C47H40N2O5S. The summed E-state index contributed by atoms with van der Waals surface area (Å²) in [4.78, 5) is 17.7. The number of aromatic nitrogens is 1. The van der Waals surface area contributed by atoms with Gasteiger partial charge in [-0.3, -0.25) is 4.79 Å². The van der Waals surface area contributed by atoms with Gasteiger partial charge in [0.1, 0.15) is 5.69 Å². The molecule has 3 unspecified atom stereocenters. The van der Waals surface area contributed by atoms with E-state index >= 15 is 0 Å². The zero-order valence-corrected chi connectivity index (χ0v) is 30.9. The van der Waals surface area contributed by atoms with Crippen molar-refractivity contribution in [2.45, 2.75) is 43.3 Å². The molecule has 8 rings (SSSR count). The Labute approximate surface area is 325 Å². The number of rotatable bonds is 12. The highest BCUT2D eigenvalue weighted by molar-refractivity contribution is 7.99. The van der Waals surface area contributed by atoms with Crippen LogP contribution in [0.3, 0.4) is 0 Å². The van der Waals surface area contributed by atoms with Gasteiger partial charge in [-0.2, -0.15) is 0 Å². The lowest BCUT2D eigenvalue weighted by atomic mass is 9.97. The number of benzene rings is 6. The summed E-state index contributed by atoms with van der Waals surface area (Å²) >= 11 is 1.54. The molecule has 0 spiro atoms. The van der Waals surface area contributed by atoms with E-state index in [1.54, 1.807) is 0 Å². The highest BCUT2D eigenvalue weighted by Gasteiger charge is 2.33. The van der Waals surface area contributed by atoms with Gasteiger partial charge in [-0.15, -0.1) is 0 Å². The molecule has 3 atom stereocenters. The average Bonchev–Trinajstić information content (AvgIpc) is 3.70. The third kappa shape index (κ3) is 8.64. The Morgan fingerprint density at radius 3 is 2.04 bits per heavy atom. The highest BCUT2D eigenvalue weighted by Crippen LogP contribution is 2.41. The molecule has 2 N–H and O–H groups in total. The molecule has 1 fully saturated rings. The van der Waals surface area contributed by atoms with Gasteiger partial charge in [0.05, 0.1) is 18.8 Å². The largest absolute Gasteiger partial charge is 0.431 e. The van der Waals surface area contributed by atoms with Crippen LogP contribution in [0.25, 0.3) is 33.7 Å². The first-order chi connectivity index (χ1) is 27.1. The maximum Gasteiger partial charge on any atom is 0.256 e. The second-order valence-electron chi connectivity index (χ2n) is 13.4. The van der Waals surface area contributed by atoms with E-state index < -0.39 is 6.29 Å². The van der Waals surface area contributed by atoms with Crippen molar-refractivity contribution in [2.24, 2.45) is 0 Å². The summed E-state index contributed by atoms with van der Waals surface area (Å²) in [7, 11) is 0. The number of oxazole rings is 1. The molecule has 2 heterocycles. The number of carbonyl (C=O) groups is 1. The lowest BCUT2D eigenvalue weighted by molar-refractivity contribution is -0.245. The maximum absolute atomic E-state index is 12.8. The molecule has 7 aromatic rings. The predicted octanol–water partition coefficient (Wildman–Crippen LogP) is 10.4. The smallest absolute Gasteiger partial charge is 0.256 e. The van der Waals surface area contributed by atoms with E-state index in [4.69, 9.17) is 18.9 Å². The fourth-order valence-corrected chi connectivity index (χ4v) is 7.61. The Hall–Kier alpha value is -5.77. The van der Waals surface area contributed by atoms with Crippen molar-refractivity contribution in [1.29, 1.82) is 0 Å². The minimum atomic E-state index is -0.611. The first kappa shape index (κ1) is 36.2. The Kier molecular flexibility index (Phi) is 11.3. The number of aliphatic hydroxyl groups is 1. The number of carbonyl (C=O) groups excluding carboxylic acids is 1. The van der Waals surface area contributed by atoms with Gasteiger partial charge in [0.2, 0.25) is 0 Å². The van der Waals surface area contributed by atoms with Gasteiger partial charge < -0.3 is 24.3 Å².